The molecule has 104 valence electrons. The highest BCUT2D eigenvalue weighted by Gasteiger charge is 2.18. The third-order valence-electron chi connectivity index (χ3n) is 3.82. The molecule has 2 aromatic rings. The summed E-state index contributed by atoms with van der Waals surface area (Å²) >= 11 is 0. The summed E-state index contributed by atoms with van der Waals surface area (Å²) in [6, 6.07) is 10.0. The molecule has 0 spiro atoms. The average molecular weight is 272 g/mol. The molecular formula is C16H17FN2O. The maximum Gasteiger partial charge on any atom is 0.123 e. The molecule has 0 bridgehead atoms. The zero-order chi connectivity index (χ0) is 14.1. The Balaban J connectivity index is 1.79. The quantitative estimate of drug-likeness (QED) is 0.826. The van der Waals surface area contributed by atoms with Gasteiger partial charge in [0.2, 0.25) is 0 Å². The van der Waals surface area contributed by atoms with Crippen LogP contribution in [0.25, 0.3) is 0 Å². The first-order chi connectivity index (χ1) is 9.63. The highest BCUT2D eigenvalue weighted by atomic mass is 19.1. The van der Waals surface area contributed by atoms with Crippen molar-refractivity contribution in [2.75, 3.05) is 12.3 Å². The van der Waals surface area contributed by atoms with Gasteiger partial charge in [-0.05, 0) is 41.8 Å². The number of halogens is 1. The predicted molar refractivity (Wildman–Crippen MR) is 76.7 cm³/mol. The third-order valence-corrected chi connectivity index (χ3v) is 3.82. The van der Waals surface area contributed by atoms with Gasteiger partial charge in [0.1, 0.15) is 11.6 Å². The highest BCUT2D eigenvalue weighted by molar-refractivity contribution is 5.51. The van der Waals surface area contributed by atoms with Gasteiger partial charge in [-0.25, -0.2) is 4.39 Å². The molecule has 3 N–H and O–H groups in total. The van der Waals surface area contributed by atoms with Crippen LogP contribution in [-0.2, 0) is 19.5 Å². The zero-order valence-electron chi connectivity index (χ0n) is 11.1. The van der Waals surface area contributed by atoms with E-state index in [9.17, 15) is 9.50 Å². The summed E-state index contributed by atoms with van der Waals surface area (Å²) in [4.78, 5) is 2.19. The van der Waals surface area contributed by atoms with E-state index in [4.69, 9.17) is 5.73 Å². The SMILES string of the molecule is Nc1cccc2c1CCN(Cc1cc(F)ccc1O)C2. The number of phenols is 1. The number of anilines is 1. The molecule has 1 heterocycles. The number of aromatic hydroxyl groups is 1. The van der Waals surface area contributed by atoms with E-state index in [0.717, 1.165) is 25.2 Å². The molecule has 3 rings (SSSR count). The monoisotopic (exact) mass is 272 g/mol. The number of fused-ring (bicyclic) bond motifs is 1. The van der Waals surface area contributed by atoms with Crippen molar-refractivity contribution in [3.05, 3.63) is 58.9 Å². The molecule has 20 heavy (non-hydrogen) atoms. The Morgan fingerprint density at radius 3 is 2.95 bits per heavy atom. The van der Waals surface area contributed by atoms with E-state index >= 15 is 0 Å². The lowest BCUT2D eigenvalue weighted by molar-refractivity contribution is 0.242. The molecule has 3 nitrogen and oxygen atoms in total. The molecule has 0 aliphatic carbocycles. The van der Waals surface area contributed by atoms with E-state index in [-0.39, 0.29) is 11.6 Å². The minimum Gasteiger partial charge on any atom is -0.508 e. The van der Waals surface area contributed by atoms with Crippen LogP contribution in [0.1, 0.15) is 16.7 Å². The maximum absolute atomic E-state index is 13.2. The Morgan fingerprint density at radius 2 is 2.10 bits per heavy atom. The molecule has 2 aromatic carbocycles. The van der Waals surface area contributed by atoms with Crippen LogP contribution in [0.5, 0.6) is 5.75 Å². The predicted octanol–water partition coefficient (Wildman–Crippen LogP) is 2.67. The molecule has 0 radical (unpaired) electrons. The Hall–Kier alpha value is -2.07. The smallest absolute Gasteiger partial charge is 0.123 e. The second-order valence-electron chi connectivity index (χ2n) is 5.22. The third kappa shape index (κ3) is 2.47. The van der Waals surface area contributed by atoms with Crippen molar-refractivity contribution >= 4 is 5.69 Å². The molecule has 0 saturated carbocycles. The lowest BCUT2D eigenvalue weighted by Crippen LogP contribution is -2.30. The van der Waals surface area contributed by atoms with Gasteiger partial charge in [-0.15, -0.1) is 0 Å². The fourth-order valence-corrected chi connectivity index (χ4v) is 2.75. The van der Waals surface area contributed by atoms with Gasteiger partial charge in [0.15, 0.2) is 0 Å². The van der Waals surface area contributed by atoms with Gasteiger partial charge in [-0.3, -0.25) is 4.90 Å². The summed E-state index contributed by atoms with van der Waals surface area (Å²) in [7, 11) is 0. The van der Waals surface area contributed by atoms with Crippen LogP contribution in [0.4, 0.5) is 10.1 Å². The zero-order valence-corrected chi connectivity index (χ0v) is 11.1. The summed E-state index contributed by atoms with van der Waals surface area (Å²) in [6.07, 6.45) is 0.887. The van der Waals surface area contributed by atoms with Crippen molar-refractivity contribution in [1.29, 1.82) is 0 Å². The molecule has 0 fully saturated rings. The number of phenolic OH excluding ortho intramolecular Hbond substituents is 1. The van der Waals surface area contributed by atoms with E-state index < -0.39 is 0 Å². The minimum atomic E-state index is -0.320. The normalized spacial score (nSPS) is 15.1. The number of benzene rings is 2. The number of nitrogens with two attached hydrogens (primary N) is 1. The molecule has 0 unspecified atom stereocenters. The molecule has 1 aliphatic heterocycles. The topological polar surface area (TPSA) is 49.5 Å². The molecule has 1 aliphatic rings. The number of rotatable bonds is 2. The minimum absolute atomic E-state index is 0.143. The molecular weight excluding hydrogens is 255 g/mol. The summed E-state index contributed by atoms with van der Waals surface area (Å²) in [5.41, 5.74) is 9.87. The van der Waals surface area contributed by atoms with E-state index in [2.05, 4.69) is 11.0 Å². The van der Waals surface area contributed by atoms with Crippen LogP contribution >= 0.6 is 0 Å². The summed E-state index contributed by atoms with van der Waals surface area (Å²) in [5, 5.41) is 9.79. The van der Waals surface area contributed by atoms with Crippen LogP contribution in [0.3, 0.4) is 0 Å². The summed E-state index contributed by atoms with van der Waals surface area (Å²) in [6.45, 7) is 2.17. The highest BCUT2D eigenvalue weighted by Crippen LogP contribution is 2.27. The van der Waals surface area contributed by atoms with Gasteiger partial charge in [0.05, 0.1) is 0 Å². The Bertz CT molecular complexity index is 642. The Labute approximate surface area is 117 Å². The molecule has 0 amide bonds. The van der Waals surface area contributed by atoms with Gasteiger partial charge < -0.3 is 10.8 Å². The van der Waals surface area contributed by atoms with Gasteiger partial charge >= 0.3 is 0 Å². The molecule has 0 atom stereocenters. The maximum atomic E-state index is 13.2. The Kier molecular flexibility index (Phi) is 3.32. The fraction of sp³-hybridized carbons (Fsp3) is 0.250. The Morgan fingerprint density at radius 1 is 1.25 bits per heavy atom. The summed E-state index contributed by atoms with van der Waals surface area (Å²) in [5.74, 6) is -0.177. The van der Waals surface area contributed by atoms with Crippen molar-refractivity contribution in [2.24, 2.45) is 0 Å². The van der Waals surface area contributed by atoms with Crippen LogP contribution in [0.2, 0.25) is 0 Å². The lowest BCUT2D eigenvalue weighted by atomic mass is 9.97. The van der Waals surface area contributed by atoms with Crippen molar-refractivity contribution in [3.8, 4) is 5.75 Å². The van der Waals surface area contributed by atoms with E-state index in [0.29, 0.717) is 12.1 Å². The van der Waals surface area contributed by atoms with Gasteiger partial charge in [-0.2, -0.15) is 0 Å². The average Bonchev–Trinajstić information content (AvgIpc) is 2.43. The van der Waals surface area contributed by atoms with Crippen molar-refractivity contribution in [1.82, 2.24) is 4.90 Å². The standard InChI is InChI=1S/C16H17FN2O/c17-13-4-5-16(20)12(8-13)10-19-7-6-14-11(9-19)2-1-3-15(14)18/h1-5,8,20H,6-7,9-10,18H2. The van der Waals surface area contributed by atoms with Crippen LogP contribution in [0, 0.1) is 5.82 Å². The summed E-state index contributed by atoms with van der Waals surface area (Å²) < 4.78 is 13.2. The first-order valence-electron chi connectivity index (χ1n) is 6.69. The molecule has 4 heteroatoms. The first-order valence-corrected chi connectivity index (χ1v) is 6.69. The fourth-order valence-electron chi connectivity index (χ4n) is 2.75. The number of nitrogen functional groups attached to an aromatic ring is 1. The van der Waals surface area contributed by atoms with Crippen molar-refractivity contribution in [3.63, 3.8) is 0 Å². The second-order valence-corrected chi connectivity index (χ2v) is 5.22. The number of hydrogen-bond donors (Lipinski definition) is 2. The number of nitrogens with zero attached hydrogens (tertiary/aromatic N) is 1. The van der Waals surface area contributed by atoms with Gasteiger partial charge in [0.25, 0.3) is 0 Å². The van der Waals surface area contributed by atoms with Crippen LogP contribution < -0.4 is 5.73 Å². The van der Waals surface area contributed by atoms with Crippen LogP contribution in [0.15, 0.2) is 36.4 Å². The first kappa shape index (κ1) is 12.9. The van der Waals surface area contributed by atoms with E-state index in [1.54, 1.807) is 0 Å². The van der Waals surface area contributed by atoms with Crippen molar-refractivity contribution < 1.29 is 9.50 Å². The van der Waals surface area contributed by atoms with Gasteiger partial charge in [-0.1, -0.05) is 12.1 Å². The van der Waals surface area contributed by atoms with E-state index in [1.807, 2.05) is 12.1 Å². The van der Waals surface area contributed by atoms with Crippen LogP contribution in [-0.4, -0.2) is 16.6 Å². The van der Waals surface area contributed by atoms with Gasteiger partial charge in [0, 0.05) is 30.9 Å². The largest absolute Gasteiger partial charge is 0.508 e. The molecule has 0 aromatic heterocycles. The number of hydrogen-bond acceptors (Lipinski definition) is 3. The lowest BCUT2D eigenvalue weighted by Gasteiger charge is -2.29. The second kappa shape index (κ2) is 5.13. The van der Waals surface area contributed by atoms with Crippen molar-refractivity contribution in [2.45, 2.75) is 19.5 Å². The van der Waals surface area contributed by atoms with E-state index in [1.165, 1.54) is 29.3 Å². The molecule has 0 saturated heterocycles.